The van der Waals surface area contributed by atoms with Gasteiger partial charge in [-0.25, -0.2) is 4.98 Å². The first-order chi connectivity index (χ1) is 11.7. The molecule has 0 aliphatic carbocycles. The minimum absolute atomic E-state index is 0.0267. The Labute approximate surface area is 149 Å². The monoisotopic (exact) mass is 357 g/mol. The third-order valence-corrected chi connectivity index (χ3v) is 4.48. The molecule has 0 saturated heterocycles. The molecule has 24 heavy (non-hydrogen) atoms. The van der Waals surface area contributed by atoms with E-state index in [9.17, 15) is 4.79 Å². The molecule has 1 amide bonds. The Hall–Kier alpha value is -2.37. The van der Waals surface area contributed by atoms with E-state index in [0.717, 1.165) is 21.8 Å². The van der Waals surface area contributed by atoms with Crippen molar-refractivity contribution in [2.24, 2.45) is 0 Å². The molecule has 6 heteroatoms. The molecule has 122 valence electrons. The second-order valence-electron chi connectivity index (χ2n) is 5.22. The summed E-state index contributed by atoms with van der Waals surface area (Å²) in [7, 11) is 0. The third kappa shape index (κ3) is 4.81. The number of nitrogens with zero attached hydrogens (tertiary/aromatic N) is 1. The van der Waals surface area contributed by atoms with Gasteiger partial charge in [0, 0.05) is 22.4 Å². The number of carbonyl (C=O) groups is 1. The number of carbonyl (C=O) groups excluding carboxylic acids is 1. The van der Waals surface area contributed by atoms with Gasteiger partial charge in [-0.3, -0.25) is 4.79 Å². The van der Waals surface area contributed by atoms with Crippen molar-refractivity contribution < 1.29 is 4.79 Å². The highest BCUT2D eigenvalue weighted by Crippen LogP contribution is 2.20. The number of nitrogens with one attached hydrogen (secondary N) is 2. The number of benzene rings is 2. The number of thiazole rings is 1. The lowest BCUT2D eigenvalue weighted by atomic mass is 10.1. The Kier molecular flexibility index (Phi) is 5.46. The van der Waals surface area contributed by atoms with Crippen LogP contribution in [0.1, 0.15) is 10.4 Å². The van der Waals surface area contributed by atoms with Crippen LogP contribution in [0.4, 0.5) is 11.4 Å². The first-order valence-electron chi connectivity index (χ1n) is 7.47. The van der Waals surface area contributed by atoms with Crippen LogP contribution in [0.2, 0.25) is 4.47 Å². The lowest BCUT2D eigenvalue weighted by Gasteiger charge is -2.08. The zero-order valence-electron chi connectivity index (χ0n) is 12.8. The van der Waals surface area contributed by atoms with Crippen LogP contribution in [0.15, 0.2) is 60.8 Å². The maximum atomic E-state index is 12.0. The molecule has 1 aromatic heterocycles. The van der Waals surface area contributed by atoms with E-state index in [-0.39, 0.29) is 5.91 Å². The quantitative estimate of drug-likeness (QED) is 0.678. The highest BCUT2D eigenvalue weighted by Gasteiger charge is 2.04. The summed E-state index contributed by atoms with van der Waals surface area (Å²) in [5, 5.41) is 6.20. The van der Waals surface area contributed by atoms with Gasteiger partial charge >= 0.3 is 0 Å². The number of halogens is 1. The number of rotatable bonds is 6. The molecule has 3 aromatic rings. The molecule has 4 nitrogen and oxygen atoms in total. The second kappa shape index (κ2) is 7.95. The Balaban J connectivity index is 1.51. The predicted molar refractivity (Wildman–Crippen MR) is 99.7 cm³/mol. The van der Waals surface area contributed by atoms with Crippen molar-refractivity contribution in [3.8, 4) is 0 Å². The number of hydrogen-bond donors (Lipinski definition) is 2. The second-order valence-corrected chi connectivity index (χ2v) is 6.92. The maximum Gasteiger partial charge on any atom is 0.228 e. The van der Waals surface area contributed by atoms with Crippen LogP contribution in [0, 0.1) is 0 Å². The summed E-state index contributed by atoms with van der Waals surface area (Å²) in [6.07, 6.45) is 2.13. The number of aromatic nitrogens is 1. The smallest absolute Gasteiger partial charge is 0.228 e. The average molecular weight is 358 g/mol. The van der Waals surface area contributed by atoms with Crippen LogP contribution in [-0.4, -0.2) is 10.9 Å². The molecule has 3 rings (SSSR count). The van der Waals surface area contributed by atoms with Crippen molar-refractivity contribution >= 4 is 40.2 Å². The van der Waals surface area contributed by atoms with E-state index in [1.165, 1.54) is 11.3 Å². The molecule has 0 atom stereocenters. The van der Waals surface area contributed by atoms with Crippen molar-refractivity contribution in [2.45, 2.75) is 13.0 Å². The summed E-state index contributed by atoms with van der Waals surface area (Å²) in [5.74, 6) is -0.0267. The van der Waals surface area contributed by atoms with Gasteiger partial charge in [-0.1, -0.05) is 41.9 Å². The topological polar surface area (TPSA) is 54.0 Å². The minimum atomic E-state index is -0.0267. The van der Waals surface area contributed by atoms with E-state index < -0.39 is 0 Å². The van der Waals surface area contributed by atoms with Gasteiger partial charge in [-0.05, 0) is 29.8 Å². The molecule has 0 saturated carbocycles. The largest absolute Gasteiger partial charge is 0.380 e. The fourth-order valence-electron chi connectivity index (χ4n) is 2.21. The molecular formula is C18H16ClN3OS. The predicted octanol–water partition coefficient (Wildman–Crippen LogP) is 4.59. The van der Waals surface area contributed by atoms with Crippen LogP contribution in [0.3, 0.4) is 0 Å². The molecule has 0 aliphatic heterocycles. The lowest BCUT2D eigenvalue weighted by molar-refractivity contribution is -0.115. The summed E-state index contributed by atoms with van der Waals surface area (Å²) < 4.78 is 0.545. The Morgan fingerprint density at radius 2 is 1.75 bits per heavy atom. The zero-order chi connectivity index (χ0) is 16.8. The standard InChI is InChI=1S/C18H16ClN3OS/c19-18-21-12-16(24-18)11-20-14-6-8-15(9-7-14)22-17(23)10-13-4-2-1-3-5-13/h1-9,12,20H,10-11H2,(H,22,23). The average Bonchev–Trinajstić information content (AvgIpc) is 3.00. The van der Waals surface area contributed by atoms with Crippen molar-refractivity contribution in [2.75, 3.05) is 10.6 Å². The Bertz CT molecular complexity index is 803. The molecule has 0 bridgehead atoms. The molecule has 2 aromatic carbocycles. The first-order valence-corrected chi connectivity index (χ1v) is 8.66. The van der Waals surface area contributed by atoms with E-state index in [2.05, 4.69) is 15.6 Å². The van der Waals surface area contributed by atoms with Gasteiger partial charge < -0.3 is 10.6 Å². The molecule has 0 unspecified atom stereocenters. The van der Waals surface area contributed by atoms with Gasteiger partial charge in [-0.15, -0.1) is 11.3 Å². The van der Waals surface area contributed by atoms with Crippen LogP contribution in [0.5, 0.6) is 0 Å². The van der Waals surface area contributed by atoms with Crippen molar-refractivity contribution in [3.05, 3.63) is 75.7 Å². The van der Waals surface area contributed by atoms with Gasteiger partial charge in [0.05, 0.1) is 13.0 Å². The number of anilines is 2. The van der Waals surface area contributed by atoms with Gasteiger partial charge in [0.15, 0.2) is 4.47 Å². The van der Waals surface area contributed by atoms with Gasteiger partial charge in [-0.2, -0.15) is 0 Å². The van der Waals surface area contributed by atoms with Gasteiger partial charge in [0.1, 0.15) is 0 Å². The van der Waals surface area contributed by atoms with E-state index >= 15 is 0 Å². The highest BCUT2D eigenvalue weighted by atomic mass is 35.5. The molecule has 2 N–H and O–H groups in total. The molecule has 0 aliphatic rings. The Morgan fingerprint density at radius 1 is 1.04 bits per heavy atom. The summed E-state index contributed by atoms with van der Waals surface area (Å²) in [6, 6.07) is 17.3. The van der Waals surface area contributed by atoms with E-state index in [1.54, 1.807) is 6.20 Å². The van der Waals surface area contributed by atoms with Crippen LogP contribution in [-0.2, 0) is 17.8 Å². The fraction of sp³-hybridized carbons (Fsp3) is 0.111. The van der Waals surface area contributed by atoms with E-state index in [4.69, 9.17) is 11.6 Å². The maximum absolute atomic E-state index is 12.0. The molecule has 1 heterocycles. The van der Waals surface area contributed by atoms with E-state index in [1.807, 2.05) is 54.6 Å². The zero-order valence-corrected chi connectivity index (χ0v) is 14.4. The van der Waals surface area contributed by atoms with Crippen molar-refractivity contribution in [1.82, 2.24) is 4.98 Å². The van der Waals surface area contributed by atoms with Crippen molar-refractivity contribution in [3.63, 3.8) is 0 Å². The summed E-state index contributed by atoms with van der Waals surface area (Å²) in [4.78, 5) is 17.1. The summed E-state index contributed by atoms with van der Waals surface area (Å²) >= 11 is 7.26. The summed E-state index contributed by atoms with van der Waals surface area (Å²) in [5.41, 5.74) is 2.75. The number of hydrogen-bond acceptors (Lipinski definition) is 4. The van der Waals surface area contributed by atoms with Crippen LogP contribution < -0.4 is 10.6 Å². The fourth-order valence-corrected chi connectivity index (χ4v) is 3.13. The number of amides is 1. The SMILES string of the molecule is O=C(Cc1ccccc1)Nc1ccc(NCc2cnc(Cl)s2)cc1. The normalized spacial score (nSPS) is 10.4. The van der Waals surface area contributed by atoms with Crippen molar-refractivity contribution in [1.29, 1.82) is 0 Å². The molecule has 0 spiro atoms. The Morgan fingerprint density at radius 3 is 2.42 bits per heavy atom. The van der Waals surface area contributed by atoms with Gasteiger partial charge in [0.25, 0.3) is 0 Å². The minimum Gasteiger partial charge on any atom is -0.380 e. The van der Waals surface area contributed by atoms with Gasteiger partial charge in [0.2, 0.25) is 5.91 Å². The van der Waals surface area contributed by atoms with Crippen LogP contribution >= 0.6 is 22.9 Å². The first kappa shape index (κ1) is 16.5. The van der Waals surface area contributed by atoms with E-state index in [0.29, 0.717) is 17.4 Å². The highest BCUT2D eigenvalue weighted by molar-refractivity contribution is 7.15. The lowest BCUT2D eigenvalue weighted by Crippen LogP contribution is -2.14. The van der Waals surface area contributed by atoms with Crippen LogP contribution in [0.25, 0.3) is 0 Å². The molecule has 0 fully saturated rings. The molecule has 0 radical (unpaired) electrons. The molecular weight excluding hydrogens is 342 g/mol. The summed E-state index contributed by atoms with van der Waals surface area (Å²) in [6.45, 7) is 0.671. The third-order valence-electron chi connectivity index (χ3n) is 3.37.